The molecule has 3 heterocycles. The Balaban J connectivity index is 1.85. The van der Waals surface area contributed by atoms with Crippen molar-refractivity contribution in [2.75, 3.05) is 5.73 Å². The Morgan fingerprint density at radius 2 is 1.69 bits per heavy atom. The van der Waals surface area contributed by atoms with Crippen molar-refractivity contribution < 1.29 is 8.42 Å². The lowest BCUT2D eigenvalue weighted by molar-refractivity contribution is 0.589. The molecular weight excluding hydrogens is 404 g/mol. The number of nitrogens with two attached hydrogens (primary N) is 1. The van der Waals surface area contributed by atoms with E-state index in [1.54, 1.807) is 42.6 Å². The van der Waals surface area contributed by atoms with Gasteiger partial charge in [-0.1, -0.05) is 36.4 Å². The molecule has 8 heteroatoms. The van der Waals surface area contributed by atoms with Crippen LogP contribution >= 0.6 is 11.3 Å². The lowest BCUT2D eigenvalue weighted by Gasteiger charge is -2.07. The second-order valence-electron chi connectivity index (χ2n) is 6.68. The van der Waals surface area contributed by atoms with E-state index in [9.17, 15) is 8.42 Å². The van der Waals surface area contributed by atoms with Crippen LogP contribution in [0.2, 0.25) is 0 Å². The SMILES string of the molecule is Cc1cc2c(-c3cn(S(=O)(=O)c4ccccc4)c4ccccc34)nc(N)nc2s1. The van der Waals surface area contributed by atoms with Gasteiger partial charge in [-0.05, 0) is 31.2 Å². The number of fused-ring (bicyclic) bond motifs is 2. The van der Waals surface area contributed by atoms with Crippen LogP contribution in [-0.2, 0) is 10.0 Å². The Bertz CT molecular complexity index is 1490. The number of para-hydroxylation sites is 1. The highest BCUT2D eigenvalue weighted by molar-refractivity contribution is 7.90. The van der Waals surface area contributed by atoms with Crippen molar-refractivity contribution in [3.8, 4) is 11.3 Å². The fourth-order valence-electron chi connectivity index (χ4n) is 3.51. The molecule has 0 atom stereocenters. The zero-order valence-corrected chi connectivity index (χ0v) is 17.0. The van der Waals surface area contributed by atoms with Crippen molar-refractivity contribution in [1.29, 1.82) is 0 Å². The van der Waals surface area contributed by atoms with Crippen molar-refractivity contribution in [2.45, 2.75) is 11.8 Å². The Morgan fingerprint density at radius 1 is 0.966 bits per heavy atom. The summed E-state index contributed by atoms with van der Waals surface area (Å²) in [5.74, 6) is 0.164. The molecule has 0 radical (unpaired) electrons. The van der Waals surface area contributed by atoms with Crippen LogP contribution in [0, 0.1) is 6.92 Å². The zero-order chi connectivity index (χ0) is 20.2. The van der Waals surface area contributed by atoms with Crippen LogP contribution in [0.4, 0.5) is 5.95 Å². The van der Waals surface area contributed by atoms with E-state index in [1.807, 2.05) is 31.2 Å². The summed E-state index contributed by atoms with van der Waals surface area (Å²) in [6, 6.07) is 17.8. The van der Waals surface area contributed by atoms with Gasteiger partial charge in [-0.2, -0.15) is 0 Å². The van der Waals surface area contributed by atoms with E-state index in [4.69, 9.17) is 5.73 Å². The van der Waals surface area contributed by atoms with Crippen LogP contribution in [0.25, 0.3) is 32.4 Å². The summed E-state index contributed by atoms with van der Waals surface area (Å²) < 4.78 is 28.0. The van der Waals surface area contributed by atoms with Gasteiger partial charge in [0.15, 0.2) is 0 Å². The summed E-state index contributed by atoms with van der Waals surface area (Å²) in [4.78, 5) is 10.9. The van der Waals surface area contributed by atoms with Gasteiger partial charge in [0.2, 0.25) is 5.95 Å². The molecule has 3 aromatic heterocycles. The number of hydrogen-bond acceptors (Lipinski definition) is 6. The van der Waals surface area contributed by atoms with E-state index in [0.29, 0.717) is 16.8 Å². The third-order valence-electron chi connectivity index (χ3n) is 4.77. The molecule has 5 rings (SSSR count). The molecule has 29 heavy (non-hydrogen) atoms. The molecule has 5 aromatic rings. The summed E-state index contributed by atoms with van der Waals surface area (Å²) in [5.41, 5.74) is 7.88. The molecule has 0 saturated carbocycles. The Labute approximate surface area is 171 Å². The topological polar surface area (TPSA) is 90.9 Å². The van der Waals surface area contributed by atoms with E-state index < -0.39 is 10.0 Å². The van der Waals surface area contributed by atoms with Gasteiger partial charge in [0, 0.05) is 27.4 Å². The summed E-state index contributed by atoms with van der Waals surface area (Å²) in [6.45, 7) is 2.00. The average molecular weight is 421 g/mol. The van der Waals surface area contributed by atoms with Gasteiger partial charge in [-0.15, -0.1) is 11.3 Å². The van der Waals surface area contributed by atoms with Gasteiger partial charge in [-0.25, -0.2) is 22.4 Å². The molecule has 0 fully saturated rings. The highest BCUT2D eigenvalue weighted by Crippen LogP contribution is 2.37. The van der Waals surface area contributed by atoms with Crippen molar-refractivity contribution >= 4 is 48.4 Å². The maximum Gasteiger partial charge on any atom is 0.268 e. The second-order valence-corrected chi connectivity index (χ2v) is 9.73. The molecule has 0 saturated heterocycles. The number of thiophene rings is 1. The van der Waals surface area contributed by atoms with Crippen LogP contribution in [0.1, 0.15) is 4.88 Å². The Hall–Kier alpha value is -3.23. The third-order valence-corrected chi connectivity index (χ3v) is 7.40. The van der Waals surface area contributed by atoms with E-state index in [-0.39, 0.29) is 10.8 Å². The van der Waals surface area contributed by atoms with E-state index >= 15 is 0 Å². The Morgan fingerprint density at radius 3 is 2.48 bits per heavy atom. The molecule has 0 spiro atoms. The number of nitrogens with zero attached hydrogens (tertiary/aromatic N) is 3. The van der Waals surface area contributed by atoms with E-state index in [0.717, 1.165) is 20.5 Å². The summed E-state index contributed by atoms with van der Waals surface area (Å²) >= 11 is 1.53. The molecular formula is C21H16N4O2S2. The van der Waals surface area contributed by atoms with Gasteiger partial charge in [-0.3, -0.25) is 0 Å². The minimum atomic E-state index is -3.77. The van der Waals surface area contributed by atoms with Gasteiger partial charge < -0.3 is 5.73 Å². The molecule has 0 aliphatic carbocycles. The van der Waals surface area contributed by atoms with Gasteiger partial charge in [0.1, 0.15) is 4.83 Å². The first kappa shape index (κ1) is 17.8. The van der Waals surface area contributed by atoms with Crippen LogP contribution in [0.3, 0.4) is 0 Å². The molecule has 0 aliphatic heterocycles. The molecule has 6 nitrogen and oxygen atoms in total. The zero-order valence-electron chi connectivity index (χ0n) is 15.4. The number of rotatable bonds is 3. The molecule has 2 N–H and O–H groups in total. The smallest absolute Gasteiger partial charge is 0.268 e. The largest absolute Gasteiger partial charge is 0.368 e. The number of benzene rings is 2. The van der Waals surface area contributed by atoms with Crippen LogP contribution in [-0.4, -0.2) is 22.4 Å². The number of aryl methyl sites for hydroxylation is 1. The number of hydrogen-bond donors (Lipinski definition) is 1. The van der Waals surface area contributed by atoms with Crippen LogP contribution in [0.5, 0.6) is 0 Å². The van der Waals surface area contributed by atoms with Crippen LogP contribution in [0.15, 0.2) is 71.8 Å². The summed E-state index contributed by atoms with van der Waals surface area (Å²) in [6.07, 6.45) is 1.63. The Kier molecular flexibility index (Phi) is 3.94. The monoisotopic (exact) mass is 420 g/mol. The molecule has 0 amide bonds. The average Bonchev–Trinajstić information content (AvgIpc) is 3.28. The van der Waals surface area contributed by atoms with Gasteiger partial charge in [0.25, 0.3) is 10.0 Å². The van der Waals surface area contributed by atoms with Gasteiger partial charge >= 0.3 is 0 Å². The van der Waals surface area contributed by atoms with Crippen molar-refractivity contribution in [3.63, 3.8) is 0 Å². The molecule has 2 aromatic carbocycles. The van der Waals surface area contributed by atoms with E-state index in [2.05, 4.69) is 9.97 Å². The first-order chi connectivity index (χ1) is 13.9. The fraction of sp³-hybridized carbons (Fsp3) is 0.0476. The normalized spacial score (nSPS) is 12.0. The standard InChI is InChI=1S/C21H16N4O2S2/c1-13-11-16-19(23-21(22)24-20(16)28-13)17-12-25(18-10-6-5-9-15(17)18)29(26,27)14-7-3-2-4-8-14/h2-12H,1H3,(H2,22,23,24). The highest BCUT2D eigenvalue weighted by atomic mass is 32.2. The maximum absolute atomic E-state index is 13.3. The lowest BCUT2D eigenvalue weighted by Crippen LogP contribution is -2.11. The minimum Gasteiger partial charge on any atom is -0.368 e. The summed E-state index contributed by atoms with van der Waals surface area (Å²) in [5, 5.41) is 1.65. The quantitative estimate of drug-likeness (QED) is 0.466. The lowest BCUT2D eigenvalue weighted by atomic mass is 10.1. The van der Waals surface area contributed by atoms with Crippen molar-refractivity contribution in [1.82, 2.24) is 13.9 Å². The summed E-state index contributed by atoms with van der Waals surface area (Å²) in [7, 11) is -3.77. The molecule has 0 bridgehead atoms. The first-order valence-corrected chi connectivity index (χ1v) is 11.2. The second kappa shape index (κ2) is 6.40. The van der Waals surface area contributed by atoms with E-state index in [1.165, 1.54) is 15.3 Å². The third kappa shape index (κ3) is 2.80. The number of anilines is 1. The predicted molar refractivity (Wildman–Crippen MR) is 117 cm³/mol. The number of aromatic nitrogens is 3. The highest BCUT2D eigenvalue weighted by Gasteiger charge is 2.23. The first-order valence-electron chi connectivity index (χ1n) is 8.90. The van der Waals surface area contributed by atoms with Crippen molar-refractivity contribution in [3.05, 3.63) is 71.7 Å². The van der Waals surface area contributed by atoms with Crippen LogP contribution < -0.4 is 5.73 Å². The predicted octanol–water partition coefficient (Wildman–Crippen LogP) is 4.44. The van der Waals surface area contributed by atoms with Gasteiger partial charge in [0.05, 0.1) is 16.1 Å². The molecule has 144 valence electrons. The molecule has 0 aliphatic rings. The van der Waals surface area contributed by atoms with Crippen molar-refractivity contribution in [2.24, 2.45) is 0 Å². The minimum absolute atomic E-state index is 0.164. The maximum atomic E-state index is 13.3. The number of nitrogen functional groups attached to an aromatic ring is 1. The molecule has 0 unspecified atom stereocenters. The fourth-order valence-corrected chi connectivity index (χ4v) is 5.78.